The molecule has 5 nitrogen and oxygen atoms in total. The Balaban J connectivity index is 1.56. The molecule has 118 valence electrons. The van der Waals surface area contributed by atoms with Crippen molar-refractivity contribution in [3.63, 3.8) is 0 Å². The van der Waals surface area contributed by atoms with Gasteiger partial charge in [0.25, 0.3) is 5.91 Å². The molecule has 0 aliphatic heterocycles. The quantitative estimate of drug-likeness (QED) is 0.787. The highest BCUT2D eigenvalue weighted by molar-refractivity contribution is 5.94. The minimum Gasteiger partial charge on any atom is -0.350 e. The van der Waals surface area contributed by atoms with E-state index in [2.05, 4.69) is 10.4 Å². The molecule has 0 atom stereocenters. The highest BCUT2D eigenvalue weighted by atomic mass is 16.1. The minimum atomic E-state index is -0.192. The van der Waals surface area contributed by atoms with Gasteiger partial charge in [-0.2, -0.15) is 10.4 Å². The Hall–Kier alpha value is -3.39. The van der Waals surface area contributed by atoms with Gasteiger partial charge in [0.1, 0.15) is 0 Å². The van der Waals surface area contributed by atoms with Crippen molar-refractivity contribution in [1.29, 1.82) is 5.26 Å². The van der Waals surface area contributed by atoms with Crippen LogP contribution in [0.5, 0.6) is 0 Å². The molecule has 2 aromatic carbocycles. The first-order valence-electron chi connectivity index (χ1n) is 7.62. The first-order valence-corrected chi connectivity index (χ1v) is 7.62. The lowest BCUT2D eigenvalue weighted by Crippen LogP contribution is -2.27. The average molecular weight is 316 g/mol. The fraction of sp³-hybridized carbons (Fsp3) is 0.105. The fourth-order valence-electron chi connectivity index (χ4n) is 2.38. The maximum Gasteiger partial charge on any atom is 0.251 e. The average Bonchev–Trinajstić information content (AvgIpc) is 3.11. The van der Waals surface area contributed by atoms with Gasteiger partial charge < -0.3 is 5.32 Å². The van der Waals surface area contributed by atoms with E-state index in [0.717, 1.165) is 11.1 Å². The summed E-state index contributed by atoms with van der Waals surface area (Å²) in [5, 5.41) is 16.0. The molecule has 3 aromatic rings. The van der Waals surface area contributed by atoms with Crippen molar-refractivity contribution in [2.75, 3.05) is 6.54 Å². The number of carbonyl (C=O) groups is 1. The summed E-state index contributed by atoms with van der Waals surface area (Å²) in [7, 11) is 0. The van der Waals surface area contributed by atoms with Gasteiger partial charge in [-0.25, -0.2) is 0 Å². The van der Waals surface area contributed by atoms with Crippen molar-refractivity contribution < 1.29 is 4.79 Å². The molecule has 0 spiro atoms. The third-order valence-corrected chi connectivity index (χ3v) is 3.62. The summed E-state index contributed by atoms with van der Waals surface area (Å²) in [4.78, 5) is 12.1. The maximum atomic E-state index is 12.1. The summed E-state index contributed by atoms with van der Waals surface area (Å²) >= 11 is 0. The van der Waals surface area contributed by atoms with Gasteiger partial charge in [0.05, 0.1) is 24.4 Å². The van der Waals surface area contributed by atoms with Crippen LogP contribution in [0, 0.1) is 11.3 Å². The van der Waals surface area contributed by atoms with E-state index in [4.69, 9.17) is 5.26 Å². The lowest BCUT2D eigenvalue weighted by atomic mass is 10.1. The van der Waals surface area contributed by atoms with Gasteiger partial charge in [0, 0.05) is 23.9 Å². The van der Waals surface area contributed by atoms with E-state index in [9.17, 15) is 4.79 Å². The molecule has 0 saturated heterocycles. The molecule has 0 radical (unpaired) electrons. The van der Waals surface area contributed by atoms with Crippen LogP contribution in [-0.2, 0) is 6.54 Å². The number of aromatic nitrogens is 2. The normalized spacial score (nSPS) is 10.1. The molecule has 1 heterocycles. The molecule has 3 rings (SSSR count). The lowest BCUT2D eigenvalue weighted by molar-refractivity contribution is 0.0952. The predicted octanol–water partition coefficient (Wildman–Crippen LogP) is 2.85. The number of nitriles is 1. The van der Waals surface area contributed by atoms with Crippen molar-refractivity contribution in [2.24, 2.45) is 0 Å². The van der Waals surface area contributed by atoms with Crippen LogP contribution in [0.2, 0.25) is 0 Å². The van der Waals surface area contributed by atoms with E-state index in [1.807, 2.05) is 48.8 Å². The summed E-state index contributed by atoms with van der Waals surface area (Å²) in [6, 6.07) is 18.7. The first kappa shape index (κ1) is 15.5. The number of rotatable bonds is 5. The van der Waals surface area contributed by atoms with Gasteiger partial charge in [0.2, 0.25) is 0 Å². The van der Waals surface area contributed by atoms with Crippen molar-refractivity contribution >= 4 is 5.91 Å². The third kappa shape index (κ3) is 3.68. The van der Waals surface area contributed by atoms with Crippen LogP contribution in [0.3, 0.4) is 0 Å². The SMILES string of the molecule is N#Cc1cccc(C(=O)NCCn2cc(-c3ccccc3)cn2)c1. The number of nitrogens with zero attached hydrogens (tertiary/aromatic N) is 3. The summed E-state index contributed by atoms with van der Waals surface area (Å²) in [5.74, 6) is -0.192. The third-order valence-electron chi connectivity index (χ3n) is 3.62. The van der Waals surface area contributed by atoms with Crippen LogP contribution in [-0.4, -0.2) is 22.2 Å². The maximum absolute atomic E-state index is 12.1. The molecule has 1 amide bonds. The largest absolute Gasteiger partial charge is 0.350 e. The molecule has 24 heavy (non-hydrogen) atoms. The Morgan fingerprint density at radius 2 is 1.96 bits per heavy atom. The van der Waals surface area contributed by atoms with Gasteiger partial charge in [0.15, 0.2) is 0 Å². The second-order valence-corrected chi connectivity index (χ2v) is 5.31. The van der Waals surface area contributed by atoms with E-state index >= 15 is 0 Å². The Labute approximate surface area is 140 Å². The second kappa shape index (κ2) is 7.25. The lowest BCUT2D eigenvalue weighted by Gasteiger charge is -2.05. The highest BCUT2D eigenvalue weighted by Crippen LogP contribution is 2.17. The molecule has 1 aromatic heterocycles. The van der Waals surface area contributed by atoms with E-state index in [1.54, 1.807) is 28.9 Å². The monoisotopic (exact) mass is 316 g/mol. The molecule has 0 fully saturated rings. The van der Waals surface area contributed by atoms with Crippen LogP contribution in [0.25, 0.3) is 11.1 Å². The summed E-state index contributed by atoms with van der Waals surface area (Å²) < 4.78 is 1.80. The van der Waals surface area contributed by atoms with Gasteiger partial charge in [-0.1, -0.05) is 36.4 Å². The van der Waals surface area contributed by atoms with E-state index in [0.29, 0.717) is 24.2 Å². The predicted molar refractivity (Wildman–Crippen MR) is 91.2 cm³/mol. The number of hydrogen-bond acceptors (Lipinski definition) is 3. The van der Waals surface area contributed by atoms with Crippen LogP contribution in [0.15, 0.2) is 67.0 Å². The Bertz CT molecular complexity index is 878. The molecule has 5 heteroatoms. The number of carbonyl (C=O) groups excluding carboxylic acids is 1. The topological polar surface area (TPSA) is 70.7 Å². The Morgan fingerprint density at radius 1 is 1.12 bits per heavy atom. The van der Waals surface area contributed by atoms with Crippen LogP contribution < -0.4 is 5.32 Å². The minimum absolute atomic E-state index is 0.192. The van der Waals surface area contributed by atoms with E-state index in [1.165, 1.54) is 0 Å². The summed E-state index contributed by atoms with van der Waals surface area (Å²) in [6.45, 7) is 1.04. The van der Waals surface area contributed by atoms with Gasteiger partial charge >= 0.3 is 0 Å². The smallest absolute Gasteiger partial charge is 0.251 e. The molecule has 0 aliphatic rings. The van der Waals surface area contributed by atoms with Crippen LogP contribution >= 0.6 is 0 Å². The molecule has 0 unspecified atom stereocenters. The Morgan fingerprint density at radius 3 is 2.75 bits per heavy atom. The molecule has 0 saturated carbocycles. The second-order valence-electron chi connectivity index (χ2n) is 5.31. The van der Waals surface area contributed by atoms with Crippen LogP contribution in [0.4, 0.5) is 0 Å². The molecular weight excluding hydrogens is 300 g/mol. The van der Waals surface area contributed by atoms with Gasteiger partial charge in [-0.15, -0.1) is 0 Å². The van der Waals surface area contributed by atoms with Crippen LogP contribution in [0.1, 0.15) is 15.9 Å². The fourth-order valence-corrected chi connectivity index (χ4v) is 2.38. The molecule has 1 N–H and O–H groups in total. The number of hydrogen-bond donors (Lipinski definition) is 1. The highest BCUT2D eigenvalue weighted by Gasteiger charge is 2.06. The zero-order chi connectivity index (χ0) is 16.8. The van der Waals surface area contributed by atoms with Gasteiger partial charge in [-0.3, -0.25) is 9.48 Å². The van der Waals surface area contributed by atoms with Gasteiger partial charge in [-0.05, 0) is 23.8 Å². The standard InChI is InChI=1S/C19H16N4O/c20-12-15-5-4-8-17(11-15)19(24)21-9-10-23-14-18(13-22-23)16-6-2-1-3-7-16/h1-8,11,13-14H,9-10H2,(H,21,24). The van der Waals surface area contributed by atoms with Crippen molar-refractivity contribution in [2.45, 2.75) is 6.54 Å². The Kier molecular flexibility index (Phi) is 4.68. The number of benzene rings is 2. The summed E-state index contributed by atoms with van der Waals surface area (Å²) in [6.07, 6.45) is 3.77. The first-order chi connectivity index (χ1) is 11.8. The zero-order valence-corrected chi connectivity index (χ0v) is 13.0. The molecular formula is C19H16N4O. The summed E-state index contributed by atoms with van der Waals surface area (Å²) in [5.41, 5.74) is 3.12. The number of nitrogens with one attached hydrogen (secondary N) is 1. The molecule has 0 aliphatic carbocycles. The zero-order valence-electron chi connectivity index (χ0n) is 13.0. The van der Waals surface area contributed by atoms with Crippen molar-refractivity contribution in [1.82, 2.24) is 15.1 Å². The van der Waals surface area contributed by atoms with Crippen molar-refractivity contribution in [3.05, 3.63) is 78.1 Å². The van der Waals surface area contributed by atoms with E-state index in [-0.39, 0.29) is 5.91 Å². The van der Waals surface area contributed by atoms with Crippen molar-refractivity contribution in [3.8, 4) is 17.2 Å². The number of amides is 1. The molecule has 0 bridgehead atoms. The van der Waals surface area contributed by atoms with E-state index < -0.39 is 0 Å².